The topological polar surface area (TPSA) is 229 Å². The second kappa shape index (κ2) is 13.6. The van der Waals surface area contributed by atoms with Gasteiger partial charge < -0.3 is 35.2 Å². The van der Waals surface area contributed by atoms with Crippen molar-refractivity contribution < 1.29 is 43.1 Å². The van der Waals surface area contributed by atoms with Crippen LogP contribution in [0.5, 0.6) is 5.88 Å². The standard InChI is InChI=1S/C25H37N5O9S/c1-13(2)20-17(24(30-29-20)39-25-23(35)22(34)21(33)18(12-31)38-25)11-16-6-4-15(10-14(16)3)5-7-19(32)27-8-9-28-40(26,36)37/h4-7,10,13,18,21-23,25,28,31,33-35H,8-9,11-12H2,1-3H3,(H,27,32)(H,29,30)(H2,26,36,37)/b7-5+/t18-,21-,22+,23-,25+/m1/s1. The minimum absolute atomic E-state index is 0.0271. The molecule has 1 amide bonds. The van der Waals surface area contributed by atoms with E-state index in [1.165, 1.54) is 6.08 Å². The molecule has 0 unspecified atom stereocenters. The van der Waals surface area contributed by atoms with Crippen LogP contribution in [0.3, 0.4) is 0 Å². The van der Waals surface area contributed by atoms with Crippen molar-refractivity contribution in [1.82, 2.24) is 20.2 Å². The molecule has 0 bridgehead atoms. The van der Waals surface area contributed by atoms with Gasteiger partial charge in [0.1, 0.15) is 24.4 Å². The predicted octanol–water partition coefficient (Wildman–Crippen LogP) is -1.47. The third-order valence-corrected chi connectivity index (χ3v) is 7.01. The maximum absolute atomic E-state index is 12.0. The van der Waals surface area contributed by atoms with Gasteiger partial charge in [0, 0.05) is 36.8 Å². The molecule has 0 saturated carbocycles. The molecule has 1 aromatic carbocycles. The minimum atomic E-state index is -3.81. The summed E-state index contributed by atoms with van der Waals surface area (Å²) in [4.78, 5) is 12.0. The number of benzene rings is 1. The van der Waals surface area contributed by atoms with Crippen molar-refractivity contribution in [2.45, 2.75) is 63.8 Å². The Labute approximate surface area is 232 Å². The Bertz CT molecular complexity index is 1300. The molecule has 2 aromatic rings. The maximum Gasteiger partial charge on any atom is 0.274 e. The number of hydrogen-bond acceptors (Lipinski definition) is 10. The molecule has 15 heteroatoms. The number of amides is 1. The van der Waals surface area contributed by atoms with Crippen LogP contribution in [0.1, 0.15) is 47.7 Å². The number of aliphatic hydroxyl groups is 4. The number of aromatic amines is 1. The summed E-state index contributed by atoms with van der Waals surface area (Å²) in [5.74, 6) is -0.186. The number of nitrogens with one attached hydrogen (secondary N) is 3. The summed E-state index contributed by atoms with van der Waals surface area (Å²) in [6.45, 7) is 5.34. The fourth-order valence-electron chi connectivity index (χ4n) is 4.20. The van der Waals surface area contributed by atoms with E-state index in [2.05, 4.69) is 20.2 Å². The van der Waals surface area contributed by atoms with Crippen LogP contribution in [0.2, 0.25) is 0 Å². The van der Waals surface area contributed by atoms with Gasteiger partial charge in [-0.15, -0.1) is 5.10 Å². The molecule has 9 N–H and O–H groups in total. The number of rotatable bonds is 12. The smallest absolute Gasteiger partial charge is 0.274 e. The van der Waals surface area contributed by atoms with E-state index < -0.39 is 53.4 Å². The lowest BCUT2D eigenvalue weighted by atomic mass is 9.95. The molecule has 0 radical (unpaired) electrons. The molecule has 0 aliphatic carbocycles. The number of nitrogens with two attached hydrogens (primary N) is 1. The van der Waals surface area contributed by atoms with Crippen LogP contribution in [0, 0.1) is 6.92 Å². The van der Waals surface area contributed by atoms with Crippen LogP contribution in [0.25, 0.3) is 6.08 Å². The first-order chi connectivity index (χ1) is 18.8. The van der Waals surface area contributed by atoms with Crippen molar-refractivity contribution in [3.8, 4) is 5.88 Å². The Morgan fingerprint density at radius 1 is 1.23 bits per heavy atom. The molecular weight excluding hydrogens is 546 g/mol. The van der Waals surface area contributed by atoms with Crippen molar-refractivity contribution >= 4 is 22.2 Å². The monoisotopic (exact) mass is 583 g/mol. The number of H-pyrrole nitrogens is 1. The number of carbonyl (C=O) groups excluding carboxylic acids is 1. The third kappa shape index (κ3) is 8.31. The largest absolute Gasteiger partial charge is 0.443 e. The number of aryl methyl sites for hydroxylation is 1. The maximum atomic E-state index is 12.0. The molecular formula is C25H37N5O9S. The Kier molecular flexibility index (Phi) is 10.8. The zero-order chi connectivity index (χ0) is 29.6. The summed E-state index contributed by atoms with van der Waals surface area (Å²) < 4.78 is 35.1. The average molecular weight is 584 g/mol. The number of hydrogen-bond donors (Lipinski definition) is 8. The van der Waals surface area contributed by atoms with Crippen molar-refractivity contribution in [3.05, 3.63) is 52.2 Å². The van der Waals surface area contributed by atoms with Crippen LogP contribution in [0.15, 0.2) is 24.3 Å². The number of aliphatic hydroxyl groups excluding tert-OH is 4. The molecule has 40 heavy (non-hydrogen) atoms. The van der Waals surface area contributed by atoms with Gasteiger partial charge in [0.25, 0.3) is 10.2 Å². The zero-order valence-corrected chi connectivity index (χ0v) is 23.3. The van der Waals surface area contributed by atoms with E-state index in [0.717, 1.165) is 22.4 Å². The van der Waals surface area contributed by atoms with Crippen LogP contribution in [0.4, 0.5) is 0 Å². The van der Waals surface area contributed by atoms with Gasteiger partial charge in [-0.2, -0.15) is 8.42 Å². The molecule has 2 heterocycles. The summed E-state index contributed by atoms with van der Waals surface area (Å²) in [6, 6.07) is 5.63. The summed E-state index contributed by atoms with van der Waals surface area (Å²) in [5.41, 5.74) is 4.16. The summed E-state index contributed by atoms with van der Waals surface area (Å²) in [7, 11) is -3.81. The fraction of sp³-hybridized carbons (Fsp3) is 0.520. The molecule has 3 rings (SSSR count). The summed E-state index contributed by atoms with van der Waals surface area (Å²) in [5, 5.41) is 54.6. The second-order valence-electron chi connectivity index (χ2n) is 9.82. The number of aromatic nitrogens is 2. The first kappa shape index (κ1) is 31.6. The van der Waals surface area contributed by atoms with E-state index >= 15 is 0 Å². The van der Waals surface area contributed by atoms with E-state index in [-0.39, 0.29) is 24.9 Å². The Hall–Kier alpha value is -2.89. The van der Waals surface area contributed by atoms with E-state index in [4.69, 9.17) is 14.6 Å². The molecule has 1 saturated heterocycles. The molecule has 1 aromatic heterocycles. The van der Waals surface area contributed by atoms with Gasteiger partial charge in [0.2, 0.25) is 18.1 Å². The molecule has 1 fully saturated rings. The van der Waals surface area contributed by atoms with Gasteiger partial charge in [-0.25, -0.2) is 9.86 Å². The summed E-state index contributed by atoms with van der Waals surface area (Å²) in [6.07, 6.45) is -3.75. The van der Waals surface area contributed by atoms with Crippen LogP contribution >= 0.6 is 0 Å². The molecule has 14 nitrogen and oxygen atoms in total. The minimum Gasteiger partial charge on any atom is -0.443 e. The lowest BCUT2D eigenvalue weighted by Gasteiger charge is -2.39. The molecule has 0 spiro atoms. The normalized spacial score (nSPS) is 23.6. The van der Waals surface area contributed by atoms with Crippen molar-refractivity contribution in [2.75, 3.05) is 19.7 Å². The molecule has 1 aliphatic rings. The second-order valence-corrected chi connectivity index (χ2v) is 11.2. The number of ether oxygens (including phenoxy) is 2. The van der Waals surface area contributed by atoms with Crippen molar-refractivity contribution in [1.29, 1.82) is 0 Å². The quantitative estimate of drug-likeness (QED) is 0.107. The van der Waals surface area contributed by atoms with E-state index in [0.29, 0.717) is 12.0 Å². The molecule has 5 atom stereocenters. The van der Waals surface area contributed by atoms with E-state index in [1.807, 2.05) is 39.0 Å². The van der Waals surface area contributed by atoms with Crippen LogP contribution < -0.4 is 19.9 Å². The summed E-state index contributed by atoms with van der Waals surface area (Å²) >= 11 is 0. The van der Waals surface area contributed by atoms with Crippen LogP contribution in [-0.2, 0) is 26.2 Å². The first-order valence-electron chi connectivity index (χ1n) is 12.7. The van der Waals surface area contributed by atoms with E-state index in [1.54, 1.807) is 6.08 Å². The Morgan fingerprint density at radius 3 is 2.58 bits per heavy atom. The Balaban J connectivity index is 1.72. The van der Waals surface area contributed by atoms with Gasteiger partial charge in [0.05, 0.1) is 6.61 Å². The van der Waals surface area contributed by atoms with Crippen molar-refractivity contribution in [2.24, 2.45) is 5.14 Å². The fourth-order valence-corrected chi connectivity index (χ4v) is 4.59. The average Bonchev–Trinajstić information content (AvgIpc) is 3.28. The number of carbonyl (C=O) groups is 1. The lowest BCUT2D eigenvalue weighted by Crippen LogP contribution is -2.60. The molecule has 222 valence electrons. The highest BCUT2D eigenvalue weighted by molar-refractivity contribution is 7.87. The van der Waals surface area contributed by atoms with E-state index in [9.17, 15) is 33.6 Å². The van der Waals surface area contributed by atoms with Gasteiger partial charge in [0.15, 0.2) is 0 Å². The molecule has 1 aliphatic heterocycles. The number of nitrogens with zero attached hydrogens (tertiary/aromatic N) is 1. The SMILES string of the molecule is Cc1cc(/C=C/C(=O)NCCNS(N)(=O)=O)ccc1Cc1c(O[C@@H]2O[C@H](CO)[C@@H](O)[C@H](O)[C@H]2O)n[nH]c1C(C)C. The predicted molar refractivity (Wildman–Crippen MR) is 144 cm³/mol. The van der Waals surface area contributed by atoms with Gasteiger partial charge in [-0.3, -0.25) is 9.89 Å². The highest BCUT2D eigenvalue weighted by atomic mass is 32.2. The first-order valence-corrected chi connectivity index (χ1v) is 14.2. The highest BCUT2D eigenvalue weighted by Crippen LogP contribution is 2.32. The third-order valence-electron chi connectivity index (χ3n) is 6.40. The lowest BCUT2D eigenvalue weighted by molar-refractivity contribution is -0.278. The van der Waals surface area contributed by atoms with Crippen LogP contribution in [-0.4, -0.2) is 95.4 Å². The highest BCUT2D eigenvalue weighted by Gasteiger charge is 2.45. The van der Waals surface area contributed by atoms with Crippen molar-refractivity contribution in [3.63, 3.8) is 0 Å². The zero-order valence-electron chi connectivity index (χ0n) is 22.4. The van der Waals surface area contributed by atoms with Gasteiger partial charge in [-0.05, 0) is 35.6 Å². The van der Waals surface area contributed by atoms with Gasteiger partial charge >= 0.3 is 0 Å². The van der Waals surface area contributed by atoms with Gasteiger partial charge in [-0.1, -0.05) is 32.0 Å². The Morgan fingerprint density at radius 2 is 1.95 bits per heavy atom.